The summed E-state index contributed by atoms with van der Waals surface area (Å²) >= 11 is 0. The van der Waals surface area contributed by atoms with Crippen molar-refractivity contribution in [2.24, 2.45) is 5.92 Å². The summed E-state index contributed by atoms with van der Waals surface area (Å²) in [6, 6.07) is 3.84. The molecular weight excluding hydrogens is 256 g/mol. The molecule has 1 aromatic rings. The Balaban J connectivity index is 2.06. The van der Waals surface area contributed by atoms with Crippen LogP contribution in [0, 0.1) is 5.92 Å². The minimum absolute atomic E-state index is 0.310. The Bertz CT molecular complexity index is 442. The fourth-order valence-electron chi connectivity index (χ4n) is 2.32. The molecule has 1 aliphatic rings. The van der Waals surface area contributed by atoms with Crippen LogP contribution in [0.4, 0.5) is 0 Å². The molecule has 4 nitrogen and oxygen atoms in total. The molecule has 1 N–H and O–H groups in total. The monoisotopic (exact) mass is 280 g/mol. The lowest BCUT2D eigenvalue weighted by Crippen LogP contribution is -2.20. The molecule has 0 fully saturated rings. The number of ether oxygens (including phenoxy) is 3. The summed E-state index contributed by atoms with van der Waals surface area (Å²) in [6.45, 7) is 7.71. The van der Waals surface area contributed by atoms with E-state index >= 15 is 0 Å². The van der Waals surface area contributed by atoms with Gasteiger partial charge in [0.05, 0.1) is 6.10 Å². The molecule has 2 rings (SSSR count). The van der Waals surface area contributed by atoms with Gasteiger partial charge in [-0.15, -0.1) is 0 Å². The molecule has 1 aromatic carbocycles. The van der Waals surface area contributed by atoms with Crippen molar-refractivity contribution in [1.29, 1.82) is 0 Å². The third-order valence-electron chi connectivity index (χ3n) is 3.28. The Morgan fingerprint density at radius 1 is 1.20 bits per heavy atom. The van der Waals surface area contributed by atoms with Gasteiger partial charge in [0.25, 0.3) is 0 Å². The summed E-state index contributed by atoms with van der Waals surface area (Å²) < 4.78 is 16.9. The van der Waals surface area contributed by atoms with Crippen molar-refractivity contribution in [3.05, 3.63) is 17.7 Å². The van der Waals surface area contributed by atoms with Gasteiger partial charge in [0, 0.05) is 6.07 Å². The minimum Gasteiger partial charge on any atom is -0.490 e. The molecule has 1 heterocycles. The fourth-order valence-corrected chi connectivity index (χ4v) is 2.32. The first-order chi connectivity index (χ1) is 9.60. The van der Waals surface area contributed by atoms with Gasteiger partial charge in [-0.1, -0.05) is 20.8 Å². The minimum atomic E-state index is -0.437. The van der Waals surface area contributed by atoms with Crippen molar-refractivity contribution in [2.45, 2.75) is 39.7 Å². The van der Waals surface area contributed by atoms with E-state index < -0.39 is 6.10 Å². The van der Waals surface area contributed by atoms with Crippen molar-refractivity contribution in [3.8, 4) is 17.2 Å². The third-order valence-corrected chi connectivity index (χ3v) is 3.28. The first-order valence-electron chi connectivity index (χ1n) is 7.33. The number of hydrogen-bond acceptors (Lipinski definition) is 4. The predicted molar refractivity (Wildman–Crippen MR) is 77.8 cm³/mol. The Morgan fingerprint density at radius 3 is 2.45 bits per heavy atom. The van der Waals surface area contributed by atoms with Gasteiger partial charge in [-0.2, -0.15) is 0 Å². The van der Waals surface area contributed by atoms with Crippen LogP contribution in [0.25, 0.3) is 0 Å². The quantitative estimate of drug-likeness (QED) is 0.870. The molecular formula is C16H24O4. The number of hydrogen-bond donors (Lipinski definition) is 1. The lowest BCUT2D eigenvalue weighted by atomic mass is 10.1. The van der Waals surface area contributed by atoms with E-state index in [0.717, 1.165) is 35.7 Å². The van der Waals surface area contributed by atoms with Gasteiger partial charge in [-0.3, -0.25) is 0 Å². The summed E-state index contributed by atoms with van der Waals surface area (Å²) in [5.41, 5.74) is 1.07. The summed E-state index contributed by atoms with van der Waals surface area (Å²) in [6.07, 6.45) is 1.16. The van der Waals surface area contributed by atoms with Crippen molar-refractivity contribution in [2.75, 3.05) is 19.8 Å². The summed E-state index contributed by atoms with van der Waals surface area (Å²) in [5.74, 6) is 2.74. The topological polar surface area (TPSA) is 47.9 Å². The summed E-state index contributed by atoms with van der Waals surface area (Å²) in [4.78, 5) is 0. The highest BCUT2D eigenvalue weighted by atomic mass is 16.6. The van der Waals surface area contributed by atoms with Gasteiger partial charge in [0.1, 0.15) is 25.6 Å². The Kier molecular flexibility index (Phi) is 5.12. The average Bonchev–Trinajstić information content (AvgIpc) is 2.43. The maximum absolute atomic E-state index is 9.90. The molecule has 0 aromatic heterocycles. The van der Waals surface area contributed by atoms with E-state index in [-0.39, 0.29) is 0 Å². The second-order valence-electron chi connectivity index (χ2n) is 5.55. The van der Waals surface area contributed by atoms with Gasteiger partial charge >= 0.3 is 0 Å². The zero-order valence-corrected chi connectivity index (χ0v) is 12.5. The second-order valence-corrected chi connectivity index (χ2v) is 5.55. The lowest BCUT2D eigenvalue weighted by Gasteiger charge is -2.22. The van der Waals surface area contributed by atoms with Crippen LogP contribution in [0.15, 0.2) is 12.1 Å². The molecule has 1 aliphatic heterocycles. The highest BCUT2D eigenvalue weighted by Crippen LogP contribution is 2.37. The molecule has 20 heavy (non-hydrogen) atoms. The Morgan fingerprint density at radius 2 is 1.85 bits per heavy atom. The number of aliphatic hydroxyl groups is 1. The number of benzene rings is 1. The molecule has 112 valence electrons. The maximum atomic E-state index is 9.90. The Labute approximate surface area is 120 Å². The average molecular weight is 280 g/mol. The van der Waals surface area contributed by atoms with E-state index in [1.54, 1.807) is 0 Å². The van der Waals surface area contributed by atoms with Crippen LogP contribution in [0.5, 0.6) is 17.2 Å². The van der Waals surface area contributed by atoms with Crippen molar-refractivity contribution >= 4 is 0 Å². The van der Waals surface area contributed by atoms with Crippen LogP contribution < -0.4 is 14.2 Å². The van der Waals surface area contributed by atoms with Gasteiger partial charge in [-0.25, -0.2) is 0 Å². The lowest BCUT2D eigenvalue weighted by molar-refractivity contribution is 0.0883. The van der Waals surface area contributed by atoms with Crippen molar-refractivity contribution < 1.29 is 19.3 Å². The molecule has 0 amide bonds. The number of rotatable bonds is 6. The predicted octanol–water partition coefficient (Wildman–Crippen LogP) is 2.81. The second kappa shape index (κ2) is 6.84. The fraction of sp³-hybridized carbons (Fsp3) is 0.625. The van der Waals surface area contributed by atoms with E-state index in [4.69, 9.17) is 14.2 Å². The van der Waals surface area contributed by atoms with Gasteiger partial charge < -0.3 is 19.3 Å². The molecule has 0 unspecified atom stereocenters. The van der Waals surface area contributed by atoms with Crippen LogP contribution in [0.2, 0.25) is 0 Å². The third kappa shape index (κ3) is 3.79. The SMILES string of the molecule is CCc1cc2c(cc1OC[C@H](O)CC(C)C)OCCO2. The van der Waals surface area contributed by atoms with Gasteiger partial charge in [0.2, 0.25) is 0 Å². The van der Waals surface area contributed by atoms with E-state index in [0.29, 0.717) is 25.7 Å². The van der Waals surface area contributed by atoms with Gasteiger partial charge in [0.15, 0.2) is 11.5 Å². The van der Waals surface area contributed by atoms with Crippen molar-refractivity contribution in [1.82, 2.24) is 0 Å². The molecule has 0 radical (unpaired) electrons. The number of fused-ring (bicyclic) bond motifs is 1. The van der Waals surface area contributed by atoms with Crippen LogP contribution in [-0.4, -0.2) is 31.0 Å². The standard InChI is InChI=1S/C16H24O4/c1-4-12-8-15-16(19-6-5-18-15)9-14(12)20-10-13(17)7-11(2)3/h8-9,11,13,17H,4-7,10H2,1-3H3/t13-/m1/s1. The largest absolute Gasteiger partial charge is 0.490 e. The first kappa shape index (κ1) is 15.0. The van der Waals surface area contributed by atoms with E-state index in [9.17, 15) is 5.11 Å². The van der Waals surface area contributed by atoms with Crippen LogP contribution in [-0.2, 0) is 6.42 Å². The molecule has 1 atom stereocenters. The van der Waals surface area contributed by atoms with E-state index in [2.05, 4.69) is 20.8 Å². The number of aryl methyl sites for hydroxylation is 1. The maximum Gasteiger partial charge on any atom is 0.165 e. The first-order valence-corrected chi connectivity index (χ1v) is 7.33. The zero-order valence-electron chi connectivity index (χ0n) is 12.5. The molecule has 0 aliphatic carbocycles. The zero-order chi connectivity index (χ0) is 14.5. The summed E-state index contributed by atoms with van der Waals surface area (Å²) in [7, 11) is 0. The highest BCUT2D eigenvalue weighted by molar-refractivity contribution is 5.51. The molecule has 0 bridgehead atoms. The normalized spacial score (nSPS) is 15.2. The van der Waals surface area contributed by atoms with E-state index in [1.807, 2.05) is 12.1 Å². The molecule has 0 saturated carbocycles. The smallest absolute Gasteiger partial charge is 0.165 e. The van der Waals surface area contributed by atoms with E-state index in [1.165, 1.54) is 0 Å². The Hall–Kier alpha value is -1.42. The van der Waals surface area contributed by atoms with Crippen LogP contribution in [0.3, 0.4) is 0 Å². The molecule has 0 spiro atoms. The highest BCUT2D eigenvalue weighted by Gasteiger charge is 2.17. The summed E-state index contributed by atoms with van der Waals surface area (Å²) in [5, 5.41) is 9.90. The molecule has 0 saturated heterocycles. The van der Waals surface area contributed by atoms with Crippen LogP contribution >= 0.6 is 0 Å². The van der Waals surface area contributed by atoms with Crippen LogP contribution in [0.1, 0.15) is 32.8 Å². The van der Waals surface area contributed by atoms with Gasteiger partial charge in [-0.05, 0) is 30.4 Å². The van der Waals surface area contributed by atoms with Crippen molar-refractivity contribution in [3.63, 3.8) is 0 Å². The number of aliphatic hydroxyl groups excluding tert-OH is 1. The molecule has 4 heteroatoms.